The number of nitrogens with zero attached hydrogens (tertiary/aromatic N) is 1. The van der Waals surface area contributed by atoms with Gasteiger partial charge in [0.05, 0.1) is 0 Å². The number of hydrogen-bond donors (Lipinski definition) is 1. The fraction of sp³-hybridized carbons (Fsp3) is 0.312. The smallest absolute Gasteiger partial charge is 0.260 e. The lowest BCUT2D eigenvalue weighted by Crippen LogP contribution is -2.35. The molecule has 1 fully saturated rings. The van der Waals surface area contributed by atoms with Crippen molar-refractivity contribution in [2.45, 2.75) is 12.5 Å². The summed E-state index contributed by atoms with van der Waals surface area (Å²) in [7, 11) is 0. The number of likely N-dealkylation sites (tertiary alicyclic amines) is 1. The number of nitrogens with two attached hydrogens (primary N) is 1. The Kier molecular flexibility index (Phi) is 3.56. The number of hydrogen-bond acceptors (Lipinski definition) is 3. The molecule has 20 heavy (non-hydrogen) atoms. The number of benzene rings is 2. The fourth-order valence-electron chi connectivity index (χ4n) is 2.57. The summed E-state index contributed by atoms with van der Waals surface area (Å²) in [4.78, 5) is 13.8. The van der Waals surface area contributed by atoms with Gasteiger partial charge in [-0.2, -0.15) is 0 Å². The number of fused-ring (bicyclic) bond motifs is 1. The predicted octanol–water partition coefficient (Wildman–Crippen LogP) is 1.78. The number of carbonyl (C=O) groups is 1. The van der Waals surface area contributed by atoms with Gasteiger partial charge in [0.2, 0.25) is 0 Å². The number of ether oxygens (including phenoxy) is 1. The highest BCUT2D eigenvalue weighted by Gasteiger charge is 2.23. The first-order valence-corrected chi connectivity index (χ1v) is 6.88. The summed E-state index contributed by atoms with van der Waals surface area (Å²) in [6.45, 7) is 1.44. The molecule has 2 aromatic carbocycles. The maximum atomic E-state index is 12.0. The molecule has 104 valence electrons. The molecule has 1 saturated heterocycles. The van der Waals surface area contributed by atoms with Crippen molar-refractivity contribution in [1.29, 1.82) is 0 Å². The van der Waals surface area contributed by atoms with Crippen molar-refractivity contribution in [3.63, 3.8) is 0 Å². The Morgan fingerprint density at radius 3 is 2.85 bits per heavy atom. The van der Waals surface area contributed by atoms with Crippen LogP contribution in [0, 0.1) is 0 Å². The van der Waals surface area contributed by atoms with Gasteiger partial charge in [0.15, 0.2) is 6.61 Å². The van der Waals surface area contributed by atoms with Gasteiger partial charge in [-0.25, -0.2) is 0 Å². The van der Waals surface area contributed by atoms with Crippen LogP contribution in [-0.4, -0.2) is 36.5 Å². The molecule has 0 aliphatic carbocycles. The Balaban J connectivity index is 1.69. The van der Waals surface area contributed by atoms with E-state index in [4.69, 9.17) is 10.5 Å². The quantitative estimate of drug-likeness (QED) is 0.925. The molecule has 0 unspecified atom stereocenters. The van der Waals surface area contributed by atoms with Gasteiger partial charge in [-0.1, -0.05) is 36.4 Å². The zero-order chi connectivity index (χ0) is 13.9. The van der Waals surface area contributed by atoms with E-state index in [1.807, 2.05) is 42.5 Å². The van der Waals surface area contributed by atoms with Gasteiger partial charge in [-0.3, -0.25) is 4.79 Å². The van der Waals surface area contributed by atoms with Crippen LogP contribution in [0.1, 0.15) is 6.42 Å². The molecule has 0 saturated carbocycles. The van der Waals surface area contributed by atoms with Crippen LogP contribution in [0.4, 0.5) is 0 Å². The molecule has 1 heterocycles. The SMILES string of the molecule is N[C@@H]1CCN(C(=O)COc2cccc3ccccc23)C1. The van der Waals surface area contributed by atoms with E-state index in [1.165, 1.54) is 0 Å². The van der Waals surface area contributed by atoms with Crippen molar-refractivity contribution in [3.05, 3.63) is 42.5 Å². The highest BCUT2D eigenvalue weighted by Crippen LogP contribution is 2.25. The minimum Gasteiger partial charge on any atom is -0.483 e. The molecule has 1 aliphatic rings. The summed E-state index contributed by atoms with van der Waals surface area (Å²) >= 11 is 0. The van der Waals surface area contributed by atoms with E-state index >= 15 is 0 Å². The first-order chi connectivity index (χ1) is 9.74. The minimum atomic E-state index is 0.00545. The Hall–Kier alpha value is -2.07. The third kappa shape index (κ3) is 2.60. The molecule has 0 radical (unpaired) electrons. The normalized spacial score (nSPS) is 18.4. The lowest BCUT2D eigenvalue weighted by molar-refractivity contribution is -0.132. The summed E-state index contributed by atoms with van der Waals surface area (Å²) in [5.41, 5.74) is 5.81. The molecular formula is C16H18N2O2. The second-order valence-electron chi connectivity index (χ2n) is 5.15. The molecule has 0 aromatic heterocycles. The van der Waals surface area contributed by atoms with E-state index in [2.05, 4.69) is 0 Å². The number of amides is 1. The molecule has 2 N–H and O–H groups in total. The molecule has 1 amide bonds. The zero-order valence-corrected chi connectivity index (χ0v) is 11.3. The first-order valence-electron chi connectivity index (χ1n) is 6.88. The van der Waals surface area contributed by atoms with E-state index in [-0.39, 0.29) is 18.6 Å². The van der Waals surface area contributed by atoms with E-state index in [0.29, 0.717) is 6.54 Å². The average Bonchev–Trinajstić information content (AvgIpc) is 2.91. The largest absolute Gasteiger partial charge is 0.483 e. The molecule has 1 aliphatic heterocycles. The average molecular weight is 270 g/mol. The van der Waals surface area contributed by atoms with E-state index < -0.39 is 0 Å². The molecule has 0 bridgehead atoms. The van der Waals surface area contributed by atoms with Crippen LogP contribution in [0.2, 0.25) is 0 Å². The third-order valence-electron chi connectivity index (χ3n) is 3.68. The van der Waals surface area contributed by atoms with Gasteiger partial charge in [-0.05, 0) is 17.9 Å². The maximum absolute atomic E-state index is 12.0. The predicted molar refractivity (Wildman–Crippen MR) is 78.6 cm³/mol. The maximum Gasteiger partial charge on any atom is 0.260 e. The van der Waals surface area contributed by atoms with Crippen LogP contribution in [-0.2, 0) is 4.79 Å². The van der Waals surface area contributed by atoms with Crippen LogP contribution < -0.4 is 10.5 Å². The molecule has 4 heteroatoms. The standard InChI is InChI=1S/C16H18N2O2/c17-13-8-9-18(10-13)16(19)11-20-15-7-3-5-12-4-1-2-6-14(12)15/h1-7,13H,8-11,17H2/t13-/m1/s1. The molecule has 1 atom stereocenters. The topological polar surface area (TPSA) is 55.6 Å². The molecule has 2 aromatic rings. The monoisotopic (exact) mass is 270 g/mol. The second-order valence-corrected chi connectivity index (χ2v) is 5.15. The van der Waals surface area contributed by atoms with Crippen LogP contribution in [0.5, 0.6) is 5.75 Å². The lowest BCUT2D eigenvalue weighted by atomic mass is 10.1. The van der Waals surface area contributed by atoms with Gasteiger partial charge >= 0.3 is 0 Å². The molecule has 0 spiro atoms. The Labute approximate surface area is 118 Å². The third-order valence-corrected chi connectivity index (χ3v) is 3.68. The van der Waals surface area contributed by atoms with Gasteiger partial charge in [0.1, 0.15) is 5.75 Å². The Morgan fingerprint density at radius 2 is 2.05 bits per heavy atom. The van der Waals surface area contributed by atoms with Crippen molar-refractivity contribution in [1.82, 2.24) is 4.90 Å². The molecule has 3 rings (SSSR count). The molecule has 4 nitrogen and oxygen atoms in total. The summed E-state index contributed by atoms with van der Waals surface area (Å²) in [6, 6.07) is 14.0. The van der Waals surface area contributed by atoms with Gasteiger partial charge in [-0.15, -0.1) is 0 Å². The van der Waals surface area contributed by atoms with Crippen LogP contribution in [0.3, 0.4) is 0 Å². The fourth-order valence-corrected chi connectivity index (χ4v) is 2.57. The van der Waals surface area contributed by atoms with Crippen LogP contribution >= 0.6 is 0 Å². The van der Waals surface area contributed by atoms with Crippen LogP contribution in [0.25, 0.3) is 10.8 Å². The van der Waals surface area contributed by atoms with Crippen LogP contribution in [0.15, 0.2) is 42.5 Å². The highest BCUT2D eigenvalue weighted by atomic mass is 16.5. The lowest BCUT2D eigenvalue weighted by Gasteiger charge is -2.16. The van der Waals surface area contributed by atoms with Gasteiger partial charge in [0.25, 0.3) is 5.91 Å². The number of carbonyl (C=O) groups excluding carboxylic acids is 1. The molecular weight excluding hydrogens is 252 g/mol. The van der Waals surface area contributed by atoms with Crippen molar-refractivity contribution in [2.24, 2.45) is 5.73 Å². The van der Waals surface area contributed by atoms with Crippen molar-refractivity contribution >= 4 is 16.7 Å². The highest BCUT2D eigenvalue weighted by molar-refractivity contribution is 5.88. The van der Waals surface area contributed by atoms with Gasteiger partial charge in [0, 0.05) is 24.5 Å². The zero-order valence-electron chi connectivity index (χ0n) is 11.3. The summed E-state index contributed by atoms with van der Waals surface area (Å²) in [6.07, 6.45) is 0.875. The second kappa shape index (κ2) is 5.51. The van der Waals surface area contributed by atoms with E-state index in [1.54, 1.807) is 4.90 Å². The summed E-state index contributed by atoms with van der Waals surface area (Å²) in [5, 5.41) is 2.14. The first kappa shape index (κ1) is 12.9. The summed E-state index contributed by atoms with van der Waals surface area (Å²) in [5.74, 6) is 0.755. The summed E-state index contributed by atoms with van der Waals surface area (Å²) < 4.78 is 5.70. The van der Waals surface area contributed by atoms with Crippen molar-refractivity contribution in [3.8, 4) is 5.75 Å². The number of rotatable bonds is 3. The van der Waals surface area contributed by atoms with Crippen molar-refractivity contribution < 1.29 is 9.53 Å². The van der Waals surface area contributed by atoms with E-state index in [0.717, 1.165) is 29.5 Å². The Morgan fingerprint density at radius 1 is 1.25 bits per heavy atom. The van der Waals surface area contributed by atoms with Crippen molar-refractivity contribution in [2.75, 3.05) is 19.7 Å². The Bertz CT molecular complexity index is 621. The van der Waals surface area contributed by atoms with E-state index in [9.17, 15) is 4.79 Å². The minimum absolute atomic E-state index is 0.00545. The van der Waals surface area contributed by atoms with Gasteiger partial charge < -0.3 is 15.4 Å².